The number of rotatable bonds is 5. The standard InChI is InChI=1S/C10H20N2S/c1-11-9-4-5-12(8-9)6-7-13-10-2-3-10/h9-11H,2-8H2,1H3. The van der Waals surface area contributed by atoms with Crippen molar-refractivity contribution in [1.29, 1.82) is 0 Å². The number of nitrogens with one attached hydrogen (secondary N) is 1. The van der Waals surface area contributed by atoms with Gasteiger partial charge in [0.2, 0.25) is 0 Å². The van der Waals surface area contributed by atoms with Crippen LogP contribution in [0.5, 0.6) is 0 Å². The Bertz CT molecular complexity index is 159. The molecule has 0 amide bonds. The minimum atomic E-state index is 0.755. The Morgan fingerprint density at radius 2 is 2.23 bits per heavy atom. The number of nitrogens with zero attached hydrogens (tertiary/aromatic N) is 1. The highest BCUT2D eigenvalue weighted by Gasteiger charge is 2.23. The van der Waals surface area contributed by atoms with Crippen LogP contribution in [-0.4, -0.2) is 48.6 Å². The van der Waals surface area contributed by atoms with Crippen molar-refractivity contribution >= 4 is 11.8 Å². The molecule has 0 radical (unpaired) electrons. The van der Waals surface area contributed by atoms with E-state index in [1.807, 2.05) is 0 Å². The summed E-state index contributed by atoms with van der Waals surface area (Å²) in [7, 11) is 2.08. The lowest BCUT2D eigenvalue weighted by Crippen LogP contribution is -2.30. The molecule has 76 valence electrons. The molecule has 2 fully saturated rings. The molecule has 2 rings (SSSR count). The van der Waals surface area contributed by atoms with Crippen molar-refractivity contribution in [3.63, 3.8) is 0 Å². The van der Waals surface area contributed by atoms with Gasteiger partial charge in [0.05, 0.1) is 0 Å². The topological polar surface area (TPSA) is 15.3 Å². The smallest absolute Gasteiger partial charge is 0.0204 e. The van der Waals surface area contributed by atoms with Crippen LogP contribution in [0.1, 0.15) is 19.3 Å². The fourth-order valence-corrected chi connectivity index (χ4v) is 3.02. The van der Waals surface area contributed by atoms with Gasteiger partial charge in [-0.3, -0.25) is 0 Å². The van der Waals surface area contributed by atoms with E-state index in [-0.39, 0.29) is 0 Å². The van der Waals surface area contributed by atoms with E-state index >= 15 is 0 Å². The Morgan fingerprint density at radius 3 is 2.85 bits per heavy atom. The molecule has 13 heavy (non-hydrogen) atoms. The molecule has 0 aromatic rings. The predicted molar refractivity (Wildman–Crippen MR) is 59.4 cm³/mol. The summed E-state index contributed by atoms with van der Waals surface area (Å²) in [6.45, 7) is 3.87. The monoisotopic (exact) mass is 200 g/mol. The Balaban J connectivity index is 1.54. The second-order valence-electron chi connectivity index (χ2n) is 4.15. The van der Waals surface area contributed by atoms with Crippen LogP contribution in [-0.2, 0) is 0 Å². The number of thioether (sulfide) groups is 1. The third-order valence-corrected chi connectivity index (χ3v) is 4.33. The quantitative estimate of drug-likeness (QED) is 0.717. The molecule has 1 aliphatic carbocycles. The molecular formula is C10H20N2S. The summed E-state index contributed by atoms with van der Waals surface area (Å²) in [4.78, 5) is 2.59. The molecule has 1 saturated carbocycles. The SMILES string of the molecule is CNC1CCN(CCSC2CC2)C1. The summed E-state index contributed by atoms with van der Waals surface area (Å²) < 4.78 is 0. The van der Waals surface area contributed by atoms with Gasteiger partial charge in [0, 0.05) is 30.1 Å². The van der Waals surface area contributed by atoms with Gasteiger partial charge in [0.15, 0.2) is 0 Å². The second-order valence-corrected chi connectivity index (χ2v) is 5.55. The molecule has 1 aliphatic heterocycles. The third kappa shape index (κ3) is 3.15. The molecule has 0 aromatic heterocycles. The van der Waals surface area contributed by atoms with Crippen molar-refractivity contribution in [3.8, 4) is 0 Å². The van der Waals surface area contributed by atoms with Gasteiger partial charge in [-0.25, -0.2) is 0 Å². The number of likely N-dealkylation sites (tertiary alicyclic amines) is 1. The lowest BCUT2D eigenvalue weighted by molar-refractivity contribution is 0.351. The Morgan fingerprint density at radius 1 is 1.38 bits per heavy atom. The van der Waals surface area contributed by atoms with Crippen molar-refractivity contribution in [2.45, 2.75) is 30.6 Å². The largest absolute Gasteiger partial charge is 0.316 e. The highest BCUT2D eigenvalue weighted by atomic mass is 32.2. The molecule has 1 saturated heterocycles. The number of likely N-dealkylation sites (N-methyl/N-ethyl adjacent to an activating group) is 1. The molecule has 0 spiro atoms. The van der Waals surface area contributed by atoms with Crippen LogP contribution in [0.15, 0.2) is 0 Å². The van der Waals surface area contributed by atoms with Crippen LogP contribution in [0.4, 0.5) is 0 Å². The zero-order chi connectivity index (χ0) is 9.10. The summed E-state index contributed by atoms with van der Waals surface area (Å²) in [5.74, 6) is 1.35. The normalized spacial score (nSPS) is 29.8. The molecule has 0 bridgehead atoms. The van der Waals surface area contributed by atoms with E-state index in [0.717, 1.165) is 11.3 Å². The van der Waals surface area contributed by atoms with Gasteiger partial charge in [0.1, 0.15) is 0 Å². The summed E-state index contributed by atoms with van der Waals surface area (Å²) in [6.07, 6.45) is 4.29. The van der Waals surface area contributed by atoms with E-state index in [2.05, 4.69) is 29.0 Å². The van der Waals surface area contributed by atoms with Crippen LogP contribution in [0.25, 0.3) is 0 Å². The first-order valence-electron chi connectivity index (χ1n) is 5.39. The molecule has 1 atom stereocenters. The average molecular weight is 200 g/mol. The Hall–Kier alpha value is 0.270. The van der Waals surface area contributed by atoms with Gasteiger partial charge in [-0.15, -0.1) is 0 Å². The minimum Gasteiger partial charge on any atom is -0.316 e. The molecule has 2 nitrogen and oxygen atoms in total. The van der Waals surface area contributed by atoms with Crippen LogP contribution in [0, 0.1) is 0 Å². The number of hydrogen-bond acceptors (Lipinski definition) is 3. The first-order valence-corrected chi connectivity index (χ1v) is 6.44. The molecule has 3 heteroatoms. The second kappa shape index (κ2) is 4.67. The Labute approximate surface area is 85.4 Å². The fourth-order valence-electron chi connectivity index (χ4n) is 1.85. The Kier molecular flexibility index (Phi) is 3.52. The zero-order valence-electron chi connectivity index (χ0n) is 8.46. The first-order chi connectivity index (χ1) is 6.38. The van der Waals surface area contributed by atoms with E-state index in [4.69, 9.17) is 0 Å². The maximum atomic E-state index is 3.36. The summed E-state index contributed by atoms with van der Waals surface area (Å²) in [5.41, 5.74) is 0. The maximum absolute atomic E-state index is 3.36. The minimum absolute atomic E-state index is 0.755. The van der Waals surface area contributed by atoms with Crippen molar-refractivity contribution in [2.75, 3.05) is 32.4 Å². The van der Waals surface area contributed by atoms with E-state index in [9.17, 15) is 0 Å². The van der Waals surface area contributed by atoms with E-state index in [0.29, 0.717) is 0 Å². The van der Waals surface area contributed by atoms with Crippen molar-refractivity contribution < 1.29 is 0 Å². The van der Waals surface area contributed by atoms with E-state index in [1.165, 1.54) is 44.6 Å². The summed E-state index contributed by atoms with van der Waals surface area (Å²) in [6, 6.07) is 0.755. The average Bonchev–Trinajstić information content (AvgIpc) is 2.84. The lowest BCUT2D eigenvalue weighted by atomic mass is 10.3. The van der Waals surface area contributed by atoms with Gasteiger partial charge < -0.3 is 10.2 Å². The molecule has 1 unspecified atom stereocenters. The fraction of sp³-hybridized carbons (Fsp3) is 1.00. The molecule has 1 heterocycles. The molecule has 2 aliphatic rings. The third-order valence-electron chi connectivity index (χ3n) is 2.97. The highest BCUT2D eigenvalue weighted by molar-refractivity contribution is 8.00. The summed E-state index contributed by atoms with van der Waals surface area (Å²) in [5, 5.41) is 4.39. The van der Waals surface area contributed by atoms with Gasteiger partial charge in [-0.2, -0.15) is 11.8 Å². The van der Waals surface area contributed by atoms with E-state index in [1.54, 1.807) is 0 Å². The molecule has 1 N–H and O–H groups in total. The number of hydrogen-bond donors (Lipinski definition) is 1. The van der Waals surface area contributed by atoms with Crippen LogP contribution in [0.3, 0.4) is 0 Å². The molecule has 0 aromatic carbocycles. The van der Waals surface area contributed by atoms with Gasteiger partial charge >= 0.3 is 0 Å². The van der Waals surface area contributed by atoms with Crippen LogP contribution in [0.2, 0.25) is 0 Å². The maximum Gasteiger partial charge on any atom is 0.0204 e. The zero-order valence-corrected chi connectivity index (χ0v) is 9.28. The van der Waals surface area contributed by atoms with Gasteiger partial charge in [0.25, 0.3) is 0 Å². The van der Waals surface area contributed by atoms with E-state index < -0.39 is 0 Å². The lowest BCUT2D eigenvalue weighted by Gasteiger charge is -2.15. The van der Waals surface area contributed by atoms with Crippen LogP contribution >= 0.6 is 11.8 Å². The molecular weight excluding hydrogens is 180 g/mol. The van der Waals surface area contributed by atoms with Crippen molar-refractivity contribution in [1.82, 2.24) is 10.2 Å². The highest BCUT2D eigenvalue weighted by Crippen LogP contribution is 2.33. The van der Waals surface area contributed by atoms with Crippen molar-refractivity contribution in [2.24, 2.45) is 0 Å². The van der Waals surface area contributed by atoms with Crippen LogP contribution < -0.4 is 5.32 Å². The predicted octanol–water partition coefficient (Wildman–Crippen LogP) is 1.18. The van der Waals surface area contributed by atoms with Gasteiger partial charge in [-0.05, 0) is 32.9 Å². The first kappa shape index (κ1) is 9.81. The van der Waals surface area contributed by atoms with Gasteiger partial charge in [-0.1, -0.05) is 0 Å². The van der Waals surface area contributed by atoms with Crippen molar-refractivity contribution in [3.05, 3.63) is 0 Å². The summed E-state index contributed by atoms with van der Waals surface area (Å²) >= 11 is 2.18.